The number of nitro groups is 1. The first kappa shape index (κ1) is 23.4. The summed E-state index contributed by atoms with van der Waals surface area (Å²) in [6, 6.07) is 10.3. The zero-order chi connectivity index (χ0) is 23.3. The van der Waals surface area contributed by atoms with E-state index in [9.17, 15) is 23.3 Å². The number of methoxy groups -OCH3 is 2. The van der Waals surface area contributed by atoms with Crippen LogP contribution in [0.15, 0.2) is 47.4 Å². The molecule has 0 aromatic heterocycles. The Balaban J connectivity index is 1.61. The number of carbonyl (C=O) groups excluding carboxylic acids is 1. The molecular formula is C20H24N4O7S. The van der Waals surface area contributed by atoms with Crippen LogP contribution >= 0.6 is 0 Å². The van der Waals surface area contributed by atoms with E-state index < -0.39 is 20.6 Å². The van der Waals surface area contributed by atoms with Crippen LogP contribution in [0.25, 0.3) is 0 Å². The maximum absolute atomic E-state index is 12.9. The zero-order valence-corrected chi connectivity index (χ0v) is 18.5. The molecule has 3 rings (SSSR count). The van der Waals surface area contributed by atoms with E-state index in [1.165, 1.54) is 42.8 Å². The number of sulfonamides is 1. The van der Waals surface area contributed by atoms with E-state index >= 15 is 0 Å². The van der Waals surface area contributed by atoms with Gasteiger partial charge in [0.05, 0.1) is 31.4 Å². The van der Waals surface area contributed by atoms with E-state index in [1.807, 2.05) is 4.90 Å². The van der Waals surface area contributed by atoms with Crippen LogP contribution in [-0.2, 0) is 14.8 Å². The highest BCUT2D eigenvalue weighted by molar-refractivity contribution is 7.89. The monoisotopic (exact) mass is 464 g/mol. The Bertz CT molecular complexity index is 1100. The molecule has 1 aliphatic heterocycles. The van der Waals surface area contributed by atoms with Crippen LogP contribution in [0.4, 0.5) is 11.4 Å². The summed E-state index contributed by atoms with van der Waals surface area (Å²) in [5.41, 5.74) is 0.0404. The Morgan fingerprint density at radius 3 is 2.41 bits per heavy atom. The number of nitrogens with zero attached hydrogens (tertiary/aromatic N) is 3. The molecule has 172 valence electrons. The Hall–Kier alpha value is -3.22. The Labute approximate surface area is 185 Å². The quantitative estimate of drug-likeness (QED) is 0.460. The highest BCUT2D eigenvalue weighted by Crippen LogP contribution is 2.29. The highest BCUT2D eigenvalue weighted by atomic mass is 32.2. The van der Waals surface area contributed by atoms with Gasteiger partial charge in [-0.05, 0) is 18.2 Å². The van der Waals surface area contributed by atoms with Gasteiger partial charge in [0.25, 0.3) is 5.69 Å². The molecule has 1 saturated heterocycles. The number of carbonyl (C=O) groups is 1. The minimum atomic E-state index is -4.02. The summed E-state index contributed by atoms with van der Waals surface area (Å²) < 4.78 is 37.4. The number of piperazine rings is 1. The molecule has 0 aliphatic carbocycles. The van der Waals surface area contributed by atoms with E-state index in [1.54, 1.807) is 18.2 Å². The van der Waals surface area contributed by atoms with Gasteiger partial charge in [-0.1, -0.05) is 12.1 Å². The van der Waals surface area contributed by atoms with E-state index in [-0.39, 0.29) is 30.4 Å². The van der Waals surface area contributed by atoms with Gasteiger partial charge in [-0.3, -0.25) is 19.8 Å². The summed E-state index contributed by atoms with van der Waals surface area (Å²) in [4.78, 5) is 24.5. The number of nitrogens with one attached hydrogen (secondary N) is 1. The minimum Gasteiger partial charge on any atom is -0.497 e. The highest BCUT2D eigenvalue weighted by Gasteiger charge is 2.33. The lowest BCUT2D eigenvalue weighted by molar-refractivity contribution is -0.387. The van der Waals surface area contributed by atoms with E-state index in [0.717, 1.165) is 0 Å². The van der Waals surface area contributed by atoms with Crippen molar-refractivity contribution in [2.75, 3.05) is 52.3 Å². The van der Waals surface area contributed by atoms with Gasteiger partial charge in [-0.15, -0.1) is 0 Å². The number of anilines is 1. The second-order valence-corrected chi connectivity index (χ2v) is 8.93. The maximum atomic E-state index is 12.9. The molecule has 32 heavy (non-hydrogen) atoms. The molecule has 1 amide bonds. The Morgan fingerprint density at radius 1 is 1.09 bits per heavy atom. The molecule has 2 aromatic carbocycles. The maximum Gasteiger partial charge on any atom is 0.289 e. The van der Waals surface area contributed by atoms with Crippen LogP contribution in [0.1, 0.15) is 0 Å². The number of benzene rings is 2. The molecular weight excluding hydrogens is 440 g/mol. The minimum absolute atomic E-state index is 0.0640. The lowest BCUT2D eigenvalue weighted by atomic mass is 10.2. The molecule has 0 saturated carbocycles. The standard InChI is InChI=1S/C20H24N4O7S/c1-30-15-7-8-16(18(13-15)31-2)21-20(25)14-22-9-11-23(12-10-22)32(28,29)19-6-4-3-5-17(19)24(26)27/h3-8,13H,9-12,14H2,1-2H3,(H,21,25). The summed E-state index contributed by atoms with van der Waals surface area (Å²) in [5, 5.41) is 14.0. The number of rotatable bonds is 8. The van der Waals surface area contributed by atoms with Crippen molar-refractivity contribution in [3.63, 3.8) is 0 Å². The molecule has 1 aliphatic rings. The van der Waals surface area contributed by atoms with Crippen LogP contribution in [0.3, 0.4) is 0 Å². The van der Waals surface area contributed by atoms with Gasteiger partial charge in [0.1, 0.15) is 11.5 Å². The Kier molecular flexibility index (Phi) is 7.28. The summed E-state index contributed by atoms with van der Waals surface area (Å²) in [6.45, 7) is 0.926. The summed E-state index contributed by atoms with van der Waals surface area (Å²) in [6.07, 6.45) is 0. The predicted molar refractivity (Wildman–Crippen MR) is 116 cm³/mol. The Morgan fingerprint density at radius 2 is 1.78 bits per heavy atom. The van der Waals surface area contributed by atoms with Gasteiger partial charge >= 0.3 is 0 Å². The molecule has 1 heterocycles. The number of para-hydroxylation sites is 1. The molecule has 1 fully saturated rings. The van der Waals surface area contributed by atoms with Gasteiger partial charge < -0.3 is 14.8 Å². The van der Waals surface area contributed by atoms with Gasteiger partial charge in [0, 0.05) is 38.3 Å². The number of hydrogen-bond acceptors (Lipinski definition) is 8. The van der Waals surface area contributed by atoms with Crippen LogP contribution in [0, 0.1) is 10.1 Å². The fourth-order valence-corrected chi connectivity index (χ4v) is 4.97. The van der Waals surface area contributed by atoms with Gasteiger partial charge in [-0.25, -0.2) is 8.42 Å². The average Bonchev–Trinajstić information content (AvgIpc) is 2.79. The van der Waals surface area contributed by atoms with Crippen molar-refractivity contribution in [3.8, 4) is 11.5 Å². The van der Waals surface area contributed by atoms with Crippen molar-refractivity contribution < 1.29 is 27.6 Å². The summed E-state index contributed by atoms with van der Waals surface area (Å²) in [5.74, 6) is 0.775. The SMILES string of the molecule is COc1ccc(NC(=O)CN2CCN(S(=O)(=O)c3ccccc3[N+](=O)[O-])CC2)c(OC)c1. The molecule has 1 N–H and O–H groups in total. The average molecular weight is 465 g/mol. The molecule has 0 atom stereocenters. The van der Waals surface area contributed by atoms with Crippen molar-refractivity contribution in [3.05, 3.63) is 52.6 Å². The third kappa shape index (κ3) is 5.15. The second-order valence-electron chi connectivity index (χ2n) is 7.02. The van der Waals surface area contributed by atoms with Gasteiger partial charge in [0.15, 0.2) is 4.90 Å². The topological polar surface area (TPSA) is 131 Å². The number of nitro benzene ring substituents is 1. The van der Waals surface area contributed by atoms with Crippen LogP contribution in [0.2, 0.25) is 0 Å². The summed E-state index contributed by atoms with van der Waals surface area (Å²) in [7, 11) is -1.000. The smallest absolute Gasteiger partial charge is 0.289 e. The van der Waals surface area contributed by atoms with E-state index in [4.69, 9.17) is 9.47 Å². The van der Waals surface area contributed by atoms with Gasteiger partial charge in [-0.2, -0.15) is 4.31 Å². The number of amides is 1. The first-order valence-electron chi connectivity index (χ1n) is 9.74. The molecule has 0 unspecified atom stereocenters. The van der Waals surface area contributed by atoms with Crippen molar-refractivity contribution in [2.24, 2.45) is 0 Å². The van der Waals surface area contributed by atoms with Crippen LogP contribution in [0.5, 0.6) is 11.5 Å². The molecule has 0 bridgehead atoms. The van der Waals surface area contributed by atoms with Crippen molar-refractivity contribution >= 4 is 27.3 Å². The van der Waals surface area contributed by atoms with E-state index in [0.29, 0.717) is 30.3 Å². The molecule has 0 radical (unpaired) electrons. The number of hydrogen-bond donors (Lipinski definition) is 1. The molecule has 12 heteroatoms. The fourth-order valence-electron chi connectivity index (χ4n) is 3.39. The fraction of sp³-hybridized carbons (Fsp3) is 0.350. The van der Waals surface area contributed by atoms with Crippen molar-refractivity contribution in [1.29, 1.82) is 0 Å². The zero-order valence-electron chi connectivity index (χ0n) is 17.7. The first-order valence-corrected chi connectivity index (χ1v) is 11.2. The lowest BCUT2D eigenvalue weighted by Crippen LogP contribution is -2.50. The first-order chi connectivity index (χ1) is 15.3. The second kappa shape index (κ2) is 9.94. The lowest BCUT2D eigenvalue weighted by Gasteiger charge is -2.33. The normalized spacial score (nSPS) is 15.2. The van der Waals surface area contributed by atoms with Crippen molar-refractivity contribution in [2.45, 2.75) is 4.90 Å². The van der Waals surface area contributed by atoms with Gasteiger partial charge in [0.2, 0.25) is 15.9 Å². The third-order valence-corrected chi connectivity index (χ3v) is 7.01. The summed E-state index contributed by atoms with van der Waals surface area (Å²) >= 11 is 0. The van der Waals surface area contributed by atoms with Crippen molar-refractivity contribution in [1.82, 2.24) is 9.21 Å². The van der Waals surface area contributed by atoms with Crippen LogP contribution in [-0.4, -0.2) is 75.4 Å². The number of ether oxygens (including phenoxy) is 2. The third-order valence-electron chi connectivity index (χ3n) is 5.06. The predicted octanol–water partition coefficient (Wildman–Crippen LogP) is 1.56. The molecule has 0 spiro atoms. The molecule has 11 nitrogen and oxygen atoms in total. The van der Waals surface area contributed by atoms with Crippen LogP contribution < -0.4 is 14.8 Å². The molecule has 2 aromatic rings. The largest absolute Gasteiger partial charge is 0.497 e. The van der Waals surface area contributed by atoms with E-state index in [2.05, 4.69) is 5.32 Å².